The van der Waals surface area contributed by atoms with Gasteiger partial charge >= 0.3 is 0 Å². The van der Waals surface area contributed by atoms with Crippen molar-refractivity contribution in [3.05, 3.63) is 11.9 Å². The second-order valence-electron chi connectivity index (χ2n) is 4.72. The van der Waals surface area contributed by atoms with E-state index < -0.39 is 0 Å². The van der Waals surface area contributed by atoms with Gasteiger partial charge in [-0.1, -0.05) is 13.3 Å². The van der Waals surface area contributed by atoms with Crippen LogP contribution in [0.25, 0.3) is 0 Å². The highest BCUT2D eigenvalue weighted by Crippen LogP contribution is 2.28. The summed E-state index contributed by atoms with van der Waals surface area (Å²) in [7, 11) is 3.67. The first-order chi connectivity index (χ1) is 8.78. The number of anilines is 2. The summed E-state index contributed by atoms with van der Waals surface area (Å²) in [6, 6.07) is 0.477. The zero-order valence-corrected chi connectivity index (χ0v) is 11.4. The molecule has 1 fully saturated rings. The largest absolute Gasteiger partial charge is 0.381 e. The summed E-state index contributed by atoms with van der Waals surface area (Å²) < 4.78 is 5.29. The molecule has 5 nitrogen and oxygen atoms in total. The van der Waals surface area contributed by atoms with Crippen LogP contribution in [0.3, 0.4) is 0 Å². The average Bonchev–Trinajstić information content (AvgIpc) is 2.35. The molecule has 1 aromatic rings. The van der Waals surface area contributed by atoms with Crippen LogP contribution >= 0.6 is 0 Å². The molecule has 2 rings (SSSR count). The molecule has 0 amide bonds. The van der Waals surface area contributed by atoms with Crippen LogP contribution < -0.4 is 10.6 Å². The Morgan fingerprint density at radius 3 is 2.67 bits per heavy atom. The molecule has 1 aliphatic rings. The molecular formula is C13H22N4O. The van der Waals surface area contributed by atoms with E-state index in [4.69, 9.17) is 4.74 Å². The Hall–Kier alpha value is -1.36. The van der Waals surface area contributed by atoms with E-state index >= 15 is 0 Å². The lowest BCUT2D eigenvalue weighted by molar-refractivity contribution is 0.0327. The fourth-order valence-electron chi connectivity index (χ4n) is 2.31. The molecule has 1 aliphatic carbocycles. The van der Waals surface area contributed by atoms with Crippen molar-refractivity contribution < 1.29 is 4.74 Å². The van der Waals surface area contributed by atoms with Gasteiger partial charge in [-0.15, -0.1) is 0 Å². The van der Waals surface area contributed by atoms with Gasteiger partial charge in [0, 0.05) is 25.8 Å². The predicted octanol–water partition coefficient (Wildman–Crippen LogP) is 2.06. The molecule has 0 aliphatic heterocycles. The van der Waals surface area contributed by atoms with Crippen molar-refractivity contribution in [3.63, 3.8) is 0 Å². The zero-order valence-electron chi connectivity index (χ0n) is 11.4. The number of hydrogen-bond donors (Lipinski definition) is 2. The smallest absolute Gasteiger partial charge is 0.134 e. The standard InChI is InChI=1S/C13H22N4O/c1-4-5-11-12(14-2)15-8-16-13(11)17-9-6-10(7-9)18-3/h8-10H,4-7H2,1-3H3,(H2,14,15,16,17). The number of aromatic nitrogens is 2. The molecule has 1 aromatic heterocycles. The minimum absolute atomic E-state index is 0.405. The Bertz CT molecular complexity index is 391. The fraction of sp³-hybridized carbons (Fsp3) is 0.692. The molecule has 0 atom stereocenters. The number of nitrogens with one attached hydrogen (secondary N) is 2. The summed E-state index contributed by atoms with van der Waals surface area (Å²) >= 11 is 0. The lowest BCUT2D eigenvalue weighted by Gasteiger charge is -2.35. The van der Waals surface area contributed by atoms with Crippen molar-refractivity contribution in [1.82, 2.24) is 9.97 Å². The molecule has 0 bridgehead atoms. The number of methoxy groups -OCH3 is 1. The van der Waals surface area contributed by atoms with Gasteiger partial charge in [-0.3, -0.25) is 0 Å². The number of nitrogens with zero attached hydrogens (tertiary/aromatic N) is 2. The van der Waals surface area contributed by atoms with Crippen LogP contribution in [0.1, 0.15) is 31.7 Å². The normalized spacial score (nSPS) is 22.4. The van der Waals surface area contributed by atoms with Crippen LogP contribution in [-0.2, 0) is 11.2 Å². The highest BCUT2D eigenvalue weighted by molar-refractivity contribution is 5.57. The van der Waals surface area contributed by atoms with Crippen molar-refractivity contribution in [2.24, 2.45) is 0 Å². The molecule has 1 heterocycles. The first-order valence-corrected chi connectivity index (χ1v) is 6.59. The lowest BCUT2D eigenvalue weighted by Crippen LogP contribution is -2.40. The van der Waals surface area contributed by atoms with E-state index in [1.54, 1.807) is 13.4 Å². The Balaban J connectivity index is 2.07. The predicted molar refractivity (Wildman–Crippen MR) is 73.0 cm³/mol. The molecule has 18 heavy (non-hydrogen) atoms. The third-order valence-electron chi connectivity index (χ3n) is 3.45. The van der Waals surface area contributed by atoms with Crippen LogP contribution in [0, 0.1) is 0 Å². The fourth-order valence-corrected chi connectivity index (χ4v) is 2.31. The van der Waals surface area contributed by atoms with E-state index in [1.807, 2.05) is 7.05 Å². The van der Waals surface area contributed by atoms with E-state index in [2.05, 4.69) is 27.5 Å². The van der Waals surface area contributed by atoms with E-state index in [9.17, 15) is 0 Å². The number of ether oxygens (including phenoxy) is 1. The molecule has 100 valence electrons. The molecule has 1 saturated carbocycles. The Morgan fingerprint density at radius 1 is 1.33 bits per heavy atom. The zero-order chi connectivity index (χ0) is 13.0. The molecule has 0 unspecified atom stereocenters. The molecule has 0 radical (unpaired) electrons. The second kappa shape index (κ2) is 6.00. The Labute approximate surface area is 108 Å². The van der Waals surface area contributed by atoms with Gasteiger partial charge in [0.2, 0.25) is 0 Å². The first-order valence-electron chi connectivity index (χ1n) is 6.59. The third kappa shape index (κ3) is 2.72. The highest BCUT2D eigenvalue weighted by atomic mass is 16.5. The van der Waals surface area contributed by atoms with Crippen molar-refractivity contribution in [2.75, 3.05) is 24.8 Å². The molecule has 2 N–H and O–H groups in total. The van der Waals surface area contributed by atoms with Crippen LogP contribution in [0.4, 0.5) is 11.6 Å². The van der Waals surface area contributed by atoms with Crippen LogP contribution in [0.15, 0.2) is 6.33 Å². The molecular weight excluding hydrogens is 228 g/mol. The van der Waals surface area contributed by atoms with Crippen molar-refractivity contribution >= 4 is 11.6 Å². The summed E-state index contributed by atoms with van der Waals surface area (Å²) in [5.41, 5.74) is 1.18. The topological polar surface area (TPSA) is 59.1 Å². The quantitative estimate of drug-likeness (QED) is 0.809. The van der Waals surface area contributed by atoms with Gasteiger partial charge in [-0.05, 0) is 19.3 Å². The SMILES string of the molecule is CCCc1c(NC)ncnc1NC1CC(OC)C1. The van der Waals surface area contributed by atoms with Crippen molar-refractivity contribution in [2.45, 2.75) is 44.8 Å². The minimum atomic E-state index is 0.405. The van der Waals surface area contributed by atoms with Gasteiger partial charge in [0.15, 0.2) is 0 Å². The molecule has 0 saturated heterocycles. The van der Waals surface area contributed by atoms with Gasteiger partial charge in [-0.2, -0.15) is 0 Å². The maximum absolute atomic E-state index is 5.29. The van der Waals surface area contributed by atoms with E-state index in [0.29, 0.717) is 12.1 Å². The average molecular weight is 250 g/mol. The lowest BCUT2D eigenvalue weighted by atomic mass is 9.89. The van der Waals surface area contributed by atoms with Crippen LogP contribution in [-0.4, -0.2) is 36.3 Å². The van der Waals surface area contributed by atoms with E-state index in [0.717, 1.165) is 37.3 Å². The van der Waals surface area contributed by atoms with Gasteiger partial charge in [0.25, 0.3) is 0 Å². The monoisotopic (exact) mass is 250 g/mol. The van der Waals surface area contributed by atoms with Crippen molar-refractivity contribution in [1.29, 1.82) is 0 Å². The van der Waals surface area contributed by atoms with E-state index in [-0.39, 0.29) is 0 Å². The van der Waals surface area contributed by atoms with E-state index in [1.165, 1.54) is 5.56 Å². The van der Waals surface area contributed by atoms with Gasteiger partial charge < -0.3 is 15.4 Å². The Kier molecular flexibility index (Phi) is 4.36. The molecule has 0 spiro atoms. The highest BCUT2D eigenvalue weighted by Gasteiger charge is 2.29. The maximum atomic E-state index is 5.29. The molecule has 5 heteroatoms. The van der Waals surface area contributed by atoms with Gasteiger partial charge in [0.1, 0.15) is 18.0 Å². The number of hydrogen-bond acceptors (Lipinski definition) is 5. The van der Waals surface area contributed by atoms with Crippen LogP contribution in [0.5, 0.6) is 0 Å². The minimum Gasteiger partial charge on any atom is -0.381 e. The summed E-state index contributed by atoms with van der Waals surface area (Å²) in [6.45, 7) is 2.17. The van der Waals surface area contributed by atoms with Crippen molar-refractivity contribution in [3.8, 4) is 0 Å². The second-order valence-corrected chi connectivity index (χ2v) is 4.72. The number of rotatable bonds is 6. The first kappa shape index (κ1) is 13.1. The summed E-state index contributed by atoms with van der Waals surface area (Å²) in [6.07, 6.45) is 6.20. The Morgan fingerprint density at radius 2 is 2.06 bits per heavy atom. The molecule has 0 aromatic carbocycles. The summed E-state index contributed by atoms with van der Waals surface area (Å²) in [5.74, 6) is 1.90. The third-order valence-corrected chi connectivity index (χ3v) is 3.45. The summed E-state index contributed by atoms with van der Waals surface area (Å²) in [4.78, 5) is 8.65. The summed E-state index contributed by atoms with van der Waals surface area (Å²) in [5, 5.41) is 6.63. The maximum Gasteiger partial charge on any atom is 0.134 e. The van der Waals surface area contributed by atoms with Gasteiger partial charge in [0.05, 0.1) is 6.10 Å². The van der Waals surface area contributed by atoms with Gasteiger partial charge in [-0.25, -0.2) is 9.97 Å². The van der Waals surface area contributed by atoms with Crippen LogP contribution in [0.2, 0.25) is 0 Å².